The molecule has 0 aliphatic rings. The Morgan fingerprint density at radius 3 is 2.54 bits per heavy atom. The van der Waals surface area contributed by atoms with Crippen molar-refractivity contribution in [3.05, 3.63) is 66.6 Å². The van der Waals surface area contributed by atoms with Gasteiger partial charge in [-0.3, -0.25) is 9.67 Å². The number of H-pyrrole nitrogens is 1. The van der Waals surface area contributed by atoms with E-state index in [-0.39, 0.29) is 5.82 Å². The van der Waals surface area contributed by atoms with E-state index in [4.69, 9.17) is 0 Å². The predicted molar refractivity (Wildman–Crippen MR) is 83.7 cm³/mol. The summed E-state index contributed by atoms with van der Waals surface area (Å²) in [7, 11) is 0. The number of benzene rings is 2. The second-order valence-electron chi connectivity index (χ2n) is 5.33. The molecular weight excluding hydrogens is 317 g/mol. The van der Waals surface area contributed by atoms with Crippen molar-refractivity contribution in [2.45, 2.75) is 6.18 Å². The van der Waals surface area contributed by atoms with E-state index in [2.05, 4.69) is 15.2 Å². The van der Waals surface area contributed by atoms with Crippen molar-refractivity contribution in [3.63, 3.8) is 0 Å². The van der Waals surface area contributed by atoms with Gasteiger partial charge in [0.2, 0.25) is 0 Å². The van der Waals surface area contributed by atoms with Crippen LogP contribution in [-0.2, 0) is 6.18 Å². The zero-order valence-corrected chi connectivity index (χ0v) is 12.2. The van der Waals surface area contributed by atoms with Gasteiger partial charge in [-0.25, -0.2) is 4.98 Å². The van der Waals surface area contributed by atoms with Gasteiger partial charge in [-0.05, 0) is 18.2 Å². The van der Waals surface area contributed by atoms with Gasteiger partial charge in [0, 0.05) is 22.8 Å². The van der Waals surface area contributed by atoms with E-state index >= 15 is 0 Å². The molecule has 4 nitrogen and oxygen atoms in total. The smallest absolute Gasteiger partial charge is 0.299 e. The summed E-state index contributed by atoms with van der Waals surface area (Å²) in [5.41, 5.74) is 1.09. The van der Waals surface area contributed by atoms with Crippen LogP contribution in [0.25, 0.3) is 28.0 Å². The van der Waals surface area contributed by atoms with Crippen molar-refractivity contribution in [1.82, 2.24) is 19.7 Å². The summed E-state index contributed by atoms with van der Waals surface area (Å²) >= 11 is 0. The molecule has 0 bridgehead atoms. The number of hydrogen-bond acceptors (Lipinski definition) is 2. The molecule has 0 fully saturated rings. The predicted octanol–water partition coefficient (Wildman–Crippen LogP) is 4.43. The Kier molecular flexibility index (Phi) is 3.16. The number of aromatic amines is 1. The molecule has 0 amide bonds. The first-order valence-corrected chi connectivity index (χ1v) is 7.18. The molecule has 2 aromatic heterocycles. The van der Waals surface area contributed by atoms with Crippen LogP contribution in [0.4, 0.5) is 13.2 Å². The lowest BCUT2D eigenvalue weighted by Crippen LogP contribution is -2.04. The third-order valence-corrected chi connectivity index (χ3v) is 3.73. The zero-order valence-electron chi connectivity index (χ0n) is 12.2. The highest BCUT2D eigenvalue weighted by Gasteiger charge is 2.35. The first-order valence-electron chi connectivity index (χ1n) is 7.18. The number of fused-ring (bicyclic) bond motifs is 1. The van der Waals surface area contributed by atoms with Crippen LogP contribution in [0.2, 0.25) is 0 Å². The number of nitrogens with zero attached hydrogens (tertiary/aromatic N) is 3. The largest absolute Gasteiger partial charge is 0.434 e. The number of nitrogens with one attached hydrogen (secondary N) is 1. The molecule has 4 aromatic rings. The maximum Gasteiger partial charge on any atom is 0.434 e. The molecular formula is C17H11F3N4. The molecule has 2 heterocycles. The first-order chi connectivity index (χ1) is 11.5. The van der Waals surface area contributed by atoms with Gasteiger partial charge in [-0.1, -0.05) is 30.3 Å². The van der Waals surface area contributed by atoms with E-state index in [1.807, 2.05) is 0 Å². The summed E-state index contributed by atoms with van der Waals surface area (Å²) < 4.78 is 40.8. The Labute approximate surface area is 134 Å². The normalized spacial score (nSPS) is 12.0. The average Bonchev–Trinajstić information content (AvgIpc) is 3.21. The van der Waals surface area contributed by atoms with E-state index in [1.54, 1.807) is 54.7 Å². The minimum absolute atomic E-state index is 0.241. The maximum absolute atomic E-state index is 13.1. The lowest BCUT2D eigenvalue weighted by Gasteiger charge is -2.08. The lowest BCUT2D eigenvalue weighted by molar-refractivity contribution is -0.140. The summed E-state index contributed by atoms with van der Waals surface area (Å²) in [6.45, 7) is 0. The topological polar surface area (TPSA) is 46.5 Å². The molecule has 24 heavy (non-hydrogen) atoms. The fraction of sp³-hybridized carbons (Fsp3) is 0.0588. The van der Waals surface area contributed by atoms with Gasteiger partial charge in [0.25, 0.3) is 0 Å². The van der Waals surface area contributed by atoms with Gasteiger partial charge in [0.1, 0.15) is 5.82 Å². The highest BCUT2D eigenvalue weighted by Crippen LogP contribution is 2.33. The second-order valence-corrected chi connectivity index (χ2v) is 5.33. The molecule has 120 valence electrons. The molecule has 0 aliphatic heterocycles. The Balaban J connectivity index is 1.94. The Morgan fingerprint density at radius 2 is 1.79 bits per heavy atom. The standard InChI is InChI=1S/C17H11F3N4/c18-17(19,20)15-10-24(16(22-15)11-4-2-1-3-5-11)13-6-7-14-12(8-13)9-21-23-14/h1-10H,(H,21,23). The van der Waals surface area contributed by atoms with Crippen molar-refractivity contribution in [2.24, 2.45) is 0 Å². The van der Waals surface area contributed by atoms with Gasteiger partial charge >= 0.3 is 6.18 Å². The van der Waals surface area contributed by atoms with Crippen LogP contribution in [-0.4, -0.2) is 19.7 Å². The molecule has 2 aromatic carbocycles. The molecule has 0 unspecified atom stereocenters. The molecule has 7 heteroatoms. The van der Waals surface area contributed by atoms with Gasteiger partial charge in [-0.15, -0.1) is 0 Å². The first kappa shape index (κ1) is 14.5. The van der Waals surface area contributed by atoms with Crippen LogP contribution in [0.5, 0.6) is 0 Å². The summed E-state index contributed by atoms with van der Waals surface area (Å²) in [6, 6.07) is 14.1. The number of rotatable bonds is 2. The monoisotopic (exact) mass is 328 g/mol. The molecule has 1 N–H and O–H groups in total. The van der Waals surface area contributed by atoms with Crippen LogP contribution < -0.4 is 0 Å². The number of hydrogen-bond donors (Lipinski definition) is 1. The van der Waals surface area contributed by atoms with Gasteiger partial charge in [-0.2, -0.15) is 18.3 Å². The molecule has 0 aliphatic carbocycles. The van der Waals surface area contributed by atoms with Gasteiger partial charge in [0.15, 0.2) is 5.69 Å². The second kappa shape index (κ2) is 5.23. The molecule has 0 saturated heterocycles. The summed E-state index contributed by atoms with van der Waals surface area (Å²) in [5, 5.41) is 7.56. The van der Waals surface area contributed by atoms with Crippen LogP contribution in [0.3, 0.4) is 0 Å². The van der Waals surface area contributed by atoms with Crippen molar-refractivity contribution in [2.75, 3.05) is 0 Å². The molecule has 4 rings (SSSR count). The number of alkyl halides is 3. The number of imidazole rings is 1. The number of halogens is 3. The van der Waals surface area contributed by atoms with E-state index in [0.717, 1.165) is 17.1 Å². The van der Waals surface area contributed by atoms with Crippen molar-refractivity contribution >= 4 is 10.9 Å². The average molecular weight is 328 g/mol. The Bertz CT molecular complexity index is 1000. The molecule has 0 atom stereocenters. The van der Waals surface area contributed by atoms with Gasteiger partial charge < -0.3 is 0 Å². The van der Waals surface area contributed by atoms with Crippen LogP contribution in [0, 0.1) is 0 Å². The summed E-state index contributed by atoms with van der Waals surface area (Å²) in [4.78, 5) is 3.81. The minimum atomic E-state index is -4.51. The third kappa shape index (κ3) is 2.44. The molecule has 0 radical (unpaired) electrons. The van der Waals surface area contributed by atoms with Crippen molar-refractivity contribution < 1.29 is 13.2 Å². The Hall–Kier alpha value is -3.09. The highest BCUT2D eigenvalue weighted by molar-refractivity contribution is 5.80. The lowest BCUT2D eigenvalue weighted by atomic mass is 10.2. The van der Waals surface area contributed by atoms with Crippen LogP contribution in [0.1, 0.15) is 5.69 Å². The quantitative estimate of drug-likeness (QED) is 0.591. The molecule has 0 saturated carbocycles. The van der Waals surface area contributed by atoms with E-state index in [9.17, 15) is 13.2 Å². The minimum Gasteiger partial charge on any atom is -0.299 e. The summed E-state index contributed by atoms with van der Waals surface area (Å²) in [5.74, 6) is 0.241. The SMILES string of the molecule is FC(F)(F)c1cn(-c2ccc3[nH]ncc3c2)c(-c2ccccc2)n1. The summed E-state index contributed by atoms with van der Waals surface area (Å²) in [6.07, 6.45) is -1.86. The maximum atomic E-state index is 13.1. The van der Waals surface area contributed by atoms with Crippen molar-refractivity contribution in [1.29, 1.82) is 0 Å². The van der Waals surface area contributed by atoms with Crippen LogP contribution >= 0.6 is 0 Å². The van der Waals surface area contributed by atoms with E-state index in [0.29, 0.717) is 11.3 Å². The fourth-order valence-electron chi connectivity index (χ4n) is 2.58. The van der Waals surface area contributed by atoms with E-state index < -0.39 is 11.9 Å². The molecule has 0 spiro atoms. The van der Waals surface area contributed by atoms with E-state index in [1.165, 1.54) is 4.57 Å². The van der Waals surface area contributed by atoms with Crippen LogP contribution in [0.15, 0.2) is 60.9 Å². The van der Waals surface area contributed by atoms with Crippen molar-refractivity contribution in [3.8, 4) is 17.1 Å². The van der Waals surface area contributed by atoms with Gasteiger partial charge in [0.05, 0.1) is 11.7 Å². The fourth-order valence-corrected chi connectivity index (χ4v) is 2.58. The Morgan fingerprint density at radius 1 is 1.00 bits per heavy atom. The highest BCUT2D eigenvalue weighted by atomic mass is 19.4. The third-order valence-electron chi connectivity index (χ3n) is 3.73. The number of aromatic nitrogens is 4. The zero-order chi connectivity index (χ0) is 16.7.